The van der Waals surface area contributed by atoms with Crippen LogP contribution in [0.2, 0.25) is 5.02 Å². The zero-order valence-electron chi connectivity index (χ0n) is 17.6. The number of hydrogen-bond donors (Lipinski definition) is 2. The Hall–Kier alpha value is -2.96. The van der Waals surface area contributed by atoms with E-state index in [1.54, 1.807) is 24.3 Å². The van der Waals surface area contributed by atoms with Crippen molar-refractivity contribution in [2.45, 2.75) is 43.7 Å². The summed E-state index contributed by atoms with van der Waals surface area (Å²) in [4.78, 5) is 35.2. The van der Waals surface area contributed by atoms with Gasteiger partial charge >= 0.3 is 0 Å². The van der Waals surface area contributed by atoms with E-state index >= 15 is 0 Å². The molecule has 0 radical (unpaired) electrons. The Labute approximate surface area is 190 Å². The maximum atomic E-state index is 13.0. The van der Waals surface area contributed by atoms with Gasteiger partial charge in [-0.05, 0) is 42.5 Å². The van der Waals surface area contributed by atoms with Gasteiger partial charge < -0.3 is 15.0 Å². The van der Waals surface area contributed by atoms with Crippen molar-refractivity contribution in [1.29, 1.82) is 0 Å². The molecule has 164 valence electrons. The Kier molecular flexibility index (Phi) is 5.35. The normalized spacial score (nSPS) is 17.5. The van der Waals surface area contributed by atoms with Crippen LogP contribution < -0.4 is 5.56 Å². The van der Waals surface area contributed by atoms with Gasteiger partial charge in [0.15, 0.2) is 6.10 Å². The molecule has 1 saturated carbocycles. The molecular formula is C25H24ClN3O3. The number of aliphatic hydroxyl groups is 1. The van der Waals surface area contributed by atoms with Crippen molar-refractivity contribution in [3.8, 4) is 0 Å². The van der Waals surface area contributed by atoms with Gasteiger partial charge in [-0.15, -0.1) is 0 Å². The van der Waals surface area contributed by atoms with E-state index in [2.05, 4.69) is 17.1 Å². The lowest BCUT2D eigenvalue weighted by Crippen LogP contribution is -2.42. The third kappa shape index (κ3) is 3.96. The molecule has 3 aromatic rings. The smallest absolute Gasteiger partial charge is 0.256 e. The summed E-state index contributed by atoms with van der Waals surface area (Å²) >= 11 is 5.99. The number of carbonyl (C=O) groups excluding carboxylic acids is 1. The lowest BCUT2D eigenvalue weighted by atomic mass is 9.95. The summed E-state index contributed by atoms with van der Waals surface area (Å²) in [6.07, 6.45) is 2.02. The van der Waals surface area contributed by atoms with Crippen molar-refractivity contribution < 1.29 is 9.90 Å². The Balaban J connectivity index is 1.36. The molecule has 0 spiro atoms. The van der Waals surface area contributed by atoms with Crippen LogP contribution in [0.1, 0.15) is 47.2 Å². The number of nitrogens with zero attached hydrogens (tertiary/aromatic N) is 2. The van der Waals surface area contributed by atoms with Crippen LogP contribution in [-0.4, -0.2) is 32.4 Å². The van der Waals surface area contributed by atoms with Gasteiger partial charge in [0.2, 0.25) is 0 Å². The summed E-state index contributed by atoms with van der Waals surface area (Å²) in [7, 11) is 0. The van der Waals surface area contributed by atoms with E-state index in [0.29, 0.717) is 29.1 Å². The Morgan fingerprint density at radius 2 is 1.97 bits per heavy atom. The minimum atomic E-state index is -1.32. The van der Waals surface area contributed by atoms with Gasteiger partial charge in [0.05, 0.1) is 17.8 Å². The second kappa shape index (κ2) is 8.19. The van der Waals surface area contributed by atoms with Crippen molar-refractivity contribution in [3.63, 3.8) is 0 Å². The molecule has 0 saturated heterocycles. The Morgan fingerprint density at radius 1 is 1.19 bits per heavy atom. The van der Waals surface area contributed by atoms with Crippen LogP contribution in [0.3, 0.4) is 0 Å². The number of aromatic amines is 1. The third-order valence-electron chi connectivity index (χ3n) is 6.52. The number of aliphatic hydroxyl groups excluding tert-OH is 1. The third-order valence-corrected chi connectivity index (χ3v) is 6.75. The average molecular weight is 450 g/mol. The van der Waals surface area contributed by atoms with E-state index in [1.807, 2.05) is 18.2 Å². The summed E-state index contributed by atoms with van der Waals surface area (Å²) in [5.74, 6) is 0.313. The lowest BCUT2D eigenvalue weighted by Gasteiger charge is -2.30. The SMILES string of the molecule is O=C([C@H](O)c1cccc(Cl)c1)N1CCc2nc(C3(Cc4ccccc4)CC3)[nH]c(=O)c2C1. The highest BCUT2D eigenvalue weighted by atomic mass is 35.5. The molecule has 2 aromatic carbocycles. The van der Waals surface area contributed by atoms with Crippen LogP contribution in [-0.2, 0) is 29.6 Å². The van der Waals surface area contributed by atoms with Crippen molar-refractivity contribution in [3.05, 3.63) is 98.2 Å². The molecule has 1 amide bonds. The molecular weight excluding hydrogens is 426 g/mol. The van der Waals surface area contributed by atoms with Crippen LogP contribution in [0.25, 0.3) is 0 Å². The number of amides is 1. The maximum absolute atomic E-state index is 13.0. The minimum absolute atomic E-state index is 0.106. The number of carbonyl (C=O) groups is 1. The van der Waals surface area contributed by atoms with Gasteiger partial charge in [0, 0.05) is 23.4 Å². The van der Waals surface area contributed by atoms with E-state index < -0.39 is 12.0 Å². The van der Waals surface area contributed by atoms with Crippen LogP contribution in [0.5, 0.6) is 0 Å². The molecule has 32 heavy (non-hydrogen) atoms. The van der Waals surface area contributed by atoms with E-state index in [9.17, 15) is 14.7 Å². The highest BCUT2D eigenvalue weighted by molar-refractivity contribution is 6.30. The molecule has 6 nitrogen and oxygen atoms in total. The average Bonchev–Trinajstić information content (AvgIpc) is 3.59. The van der Waals surface area contributed by atoms with Gasteiger partial charge in [-0.1, -0.05) is 54.1 Å². The maximum Gasteiger partial charge on any atom is 0.256 e. The molecule has 2 heterocycles. The molecule has 0 unspecified atom stereocenters. The summed E-state index contributed by atoms with van der Waals surface area (Å²) in [5, 5.41) is 11.0. The second-order valence-electron chi connectivity index (χ2n) is 8.75. The van der Waals surface area contributed by atoms with Gasteiger partial charge in [0.1, 0.15) is 5.82 Å². The molecule has 2 N–H and O–H groups in total. The van der Waals surface area contributed by atoms with Crippen molar-refractivity contribution in [2.75, 3.05) is 6.54 Å². The minimum Gasteiger partial charge on any atom is -0.378 e. The molecule has 2 aliphatic rings. The Bertz CT molecular complexity index is 1220. The van der Waals surface area contributed by atoms with Crippen molar-refractivity contribution in [1.82, 2.24) is 14.9 Å². The number of nitrogens with one attached hydrogen (secondary N) is 1. The highest BCUT2D eigenvalue weighted by Crippen LogP contribution is 2.49. The zero-order chi connectivity index (χ0) is 22.3. The largest absolute Gasteiger partial charge is 0.378 e. The quantitative estimate of drug-likeness (QED) is 0.625. The summed E-state index contributed by atoms with van der Waals surface area (Å²) in [5.41, 5.74) is 2.63. The second-order valence-corrected chi connectivity index (χ2v) is 9.19. The van der Waals surface area contributed by atoms with Crippen molar-refractivity contribution in [2.24, 2.45) is 0 Å². The fourth-order valence-corrected chi connectivity index (χ4v) is 4.69. The fourth-order valence-electron chi connectivity index (χ4n) is 4.49. The fraction of sp³-hybridized carbons (Fsp3) is 0.320. The molecule has 1 aromatic heterocycles. The number of fused-ring (bicyclic) bond motifs is 1. The van der Waals surface area contributed by atoms with Crippen LogP contribution >= 0.6 is 11.6 Å². The van der Waals surface area contributed by atoms with Gasteiger partial charge in [-0.25, -0.2) is 4.98 Å². The molecule has 1 atom stereocenters. The number of aromatic nitrogens is 2. The standard InChI is InChI=1S/C25H24ClN3O3/c26-18-8-4-7-17(13-18)21(30)23(32)29-12-9-20-19(15-29)22(31)28-24(27-20)25(10-11-25)14-16-5-2-1-3-6-16/h1-8,13,21,30H,9-12,14-15H2,(H,27,28,31)/t21-/m1/s1. The van der Waals surface area contributed by atoms with E-state index in [-0.39, 0.29) is 17.5 Å². The first-order valence-corrected chi connectivity index (χ1v) is 11.2. The van der Waals surface area contributed by atoms with Gasteiger partial charge in [0.25, 0.3) is 11.5 Å². The molecule has 1 aliphatic heterocycles. The summed E-state index contributed by atoms with van der Waals surface area (Å²) < 4.78 is 0. The first-order chi connectivity index (χ1) is 15.4. The van der Waals surface area contributed by atoms with Gasteiger partial charge in [-0.3, -0.25) is 9.59 Å². The summed E-state index contributed by atoms with van der Waals surface area (Å²) in [6.45, 7) is 0.547. The van der Waals surface area contributed by atoms with Crippen LogP contribution in [0, 0.1) is 0 Å². The first kappa shape index (κ1) is 20.9. The summed E-state index contributed by atoms with van der Waals surface area (Å²) in [6, 6.07) is 16.9. The van der Waals surface area contributed by atoms with E-state index in [0.717, 1.165) is 30.8 Å². The number of hydrogen-bond acceptors (Lipinski definition) is 4. The Morgan fingerprint density at radius 3 is 2.69 bits per heavy atom. The number of H-pyrrole nitrogens is 1. The van der Waals surface area contributed by atoms with Crippen LogP contribution in [0.4, 0.5) is 0 Å². The highest BCUT2D eigenvalue weighted by Gasteiger charge is 2.47. The van der Waals surface area contributed by atoms with E-state index in [4.69, 9.17) is 16.6 Å². The number of benzene rings is 2. The van der Waals surface area contributed by atoms with Crippen molar-refractivity contribution >= 4 is 17.5 Å². The molecule has 0 bridgehead atoms. The number of rotatable bonds is 5. The molecule has 7 heteroatoms. The predicted octanol–water partition coefficient (Wildman–Crippen LogP) is 3.32. The monoisotopic (exact) mass is 449 g/mol. The lowest BCUT2D eigenvalue weighted by molar-refractivity contribution is -0.141. The molecule has 1 aliphatic carbocycles. The predicted molar refractivity (Wildman–Crippen MR) is 121 cm³/mol. The first-order valence-electron chi connectivity index (χ1n) is 10.8. The van der Waals surface area contributed by atoms with E-state index in [1.165, 1.54) is 10.5 Å². The topological polar surface area (TPSA) is 86.3 Å². The molecule has 1 fully saturated rings. The van der Waals surface area contributed by atoms with Gasteiger partial charge in [-0.2, -0.15) is 0 Å². The molecule has 5 rings (SSSR count). The zero-order valence-corrected chi connectivity index (χ0v) is 18.3. The van der Waals surface area contributed by atoms with Crippen LogP contribution in [0.15, 0.2) is 59.4 Å². The number of halogens is 1.